The van der Waals surface area contributed by atoms with E-state index in [4.69, 9.17) is 13.9 Å². The minimum absolute atomic E-state index is 0.00104. The zero-order chi connectivity index (χ0) is 21.0. The fraction of sp³-hybridized carbons (Fsp3) is 0.300. The molecule has 0 bridgehead atoms. The van der Waals surface area contributed by atoms with E-state index in [9.17, 15) is 19.2 Å². The average molecular weight is 400 g/mol. The third kappa shape index (κ3) is 4.52. The van der Waals surface area contributed by atoms with E-state index < -0.39 is 30.3 Å². The fourth-order valence-electron chi connectivity index (χ4n) is 2.94. The van der Waals surface area contributed by atoms with Gasteiger partial charge in [0.25, 0.3) is 17.7 Å². The van der Waals surface area contributed by atoms with Crippen LogP contribution in [0.15, 0.2) is 41.0 Å². The first kappa shape index (κ1) is 20.3. The van der Waals surface area contributed by atoms with Crippen LogP contribution < -0.4 is 5.32 Å². The highest BCUT2D eigenvalue weighted by molar-refractivity contribution is 6.21. The Morgan fingerprint density at radius 3 is 2.62 bits per heavy atom. The molecule has 9 heteroatoms. The lowest BCUT2D eigenvalue weighted by Crippen LogP contribution is -2.38. The van der Waals surface area contributed by atoms with Crippen molar-refractivity contribution in [2.75, 3.05) is 20.3 Å². The van der Waals surface area contributed by atoms with Gasteiger partial charge in [-0.25, -0.2) is 4.79 Å². The lowest BCUT2D eigenvalue weighted by atomic mass is 10.1. The number of rotatable bonds is 8. The number of nitrogens with zero attached hydrogens (tertiary/aromatic N) is 1. The van der Waals surface area contributed by atoms with Crippen LogP contribution in [0.4, 0.5) is 0 Å². The SMILES string of the molecule is COC[C@@H](C)NC(=O)COC(=O)c1ccc2c(c1)C(=O)N(Cc1ccco1)C2=O. The summed E-state index contributed by atoms with van der Waals surface area (Å²) in [5.41, 5.74) is 0.376. The van der Waals surface area contributed by atoms with Crippen LogP contribution in [0.2, 0.25) is 0 Å². The zero-order valence-corrected chi connectivity index (χ0v) is 16.0. The molecule has 1 aromatic heterocycles. The first-order valence-electron chi connectivity index (χ1n) is 8.88. The van der Waals surface area contributed by atoms with Gasteiger partial charge in [-0.05, 0) is 37.3 Å². The van der Waals surface area contributed by atoms with Crippen LogP contribution in [-0.4, -0.2) is 55.0 Å². The molecule has 0 radical (unpaired) electrons. The number of hydrogen-bond donors (Lipinski definition) is 1. The summed E-state index contributed by atoms with van der Waals surface area (Å²) >= 11 is 0. The van der Waals surface area contributed by atoms with Gasteiger partial charge in [0.15, 0.2) is 6.61 Å². The van der Waals surface area contributed by atoms with E-state index in [1.54, 1.807) is 19.1 Å². The highest BCUT2D eigenvalue weighted by atomic mass is 16.5. The largest absolute Gasteiger partial charge is 0.467 e. The van der Waals surface area contributed by atoms with Gasteiger partial charge < -0.3 is 19.2 Å². The van der Waals surface area contributed by atoms with Crippen molar-refractivity contribution in [3.05, 3.63) is 59.0 Å². The molecule has 9 nitrogen and oxygen atoms in total. The highest BCUT2D eigenvalue weighted by Crippen LogP contribution is 2.26. The summed E-state index contributed by atoms with van der Waals surface area (Å²) in [6.07, 6.45) is 1.45. The van der Waals surface area contributed by atoms with E-state index in [0.717, 1.165) is 4.90 Å². The van der Waals surface area contributed by atoms with Crippen molar-refractivity contribution in [1.29, 1.82) is 0 Å². The van der Waals surface area contributed by atoms with Crippen molar-refractivity contribution in [3.63, 3.8) is 0 Å². The van der Waals surface area contributed by atoms with E-state index in [0.29, 0.717) is 12.4 Å². The quantitative estimate of drug-likeness (QED) is 0.526. The molecule has 0 aliphatic carbocycles. The zero-order valence-electron chi connectivity index (χ0n) is 16.0. The lowest BCUT2D eigenvalue weighted by molar-refractivity contribution is -0.125. The van der Waals surface area contributed by atoms with Crippen molar-refractivity contribution in [3.8, 4) is 0 Å². The molecule has 0 fully saturated rings. The maximum absolute atomic E-state index is 12.6. The summed E-state index contributed by atoms with van der Waals surface area (Å²) in [5.74, 6) is -1.77. The molecule has 1 aliphatic heterocycles. The van der Waals surface area contributed by atoms with Crippen molar-refractivity contribution in [2.24, 2.45) is 0 Å². The molecule has 0 saturated heterocycles. The summed E-state index contributed by atoms with van der Waals surface area (Å²) < 4.78 is 15.1. The Morgan fingerprint density at radius 1 is 1.17 bits per heavy atom. The number of imide groups is 1. The van der Waals surface area contributed by atoms with E-state index in [1.807, 2.05) is 0 Å². The Bertz CT molecular complexity index is 936. The van der Waals surface area contributed by atoms with Crippen molar-refractivity contribution in [1.82, 2.24) is 10.2 Å². The van der Waals surface area contributed by atoms with Gasteiger partial charge in [-0.3, -0.25) is 19.3 Å². The molecule has 152 valence electrons. The number of amides is 3. The van der Waals surface area contributed by atoms with Gasteiger partial charge >= 0.3 is 5.97 Å². The standard InChI is InChI=1S/C20H20N2O7/c1-12(10-27-2)21-17(23)11-29-20(26)13-5-6-15-16(8-13)19(25)22(18(15)24)9-14-4-3-7-28-14/h3-8,12H,9-11H2,1-2H3,(H,21,23)/t12-/m1/s1. The monoisotopic (exact) mass is 400 g/mol. The minimum atomic E-state index is -0.771. The molecule has 29 heavy (non-hydrogen) atoms. The topological polar surface area (TPSA) is 115 Å². The van der Waals surface area contributed by atoms with Crippen LogP contribution in [0.25, 0.3) is 0 Å². The van der Waals surface area contributed by atoms with Gasteiger partial charge in [0, 0.05) is 13.2 Å². The van der Waals surface area contributed by atoms with E-state index in [1.165, 1.54) is 31.6 Å². The summed E-state index contributed by atoms with van der Waals surface area (Å²) in [5, 5.41) is 2.61. The van der Waals surface area contributed by atoms with E-state index in [2.05, 4.69) is 5.32 Å². The van der Waals surface area contributed by atoms with Crippen LogP contribution in [0.3, 0.4) is 0 Å². The van der Waals surface area contributed by atoms with Gasteiger partial charge in [0.1, 0.15) is 5.76 Å². The smallest absolute Gasteiger partial charge is 0.338 e. The maximum Gasteiger partial charge on any atom is 0.338 e. The number of esters is 1. The molecule has 0 saturated carbocycles. The Kier molecular flexibility index (Phi) is 6.08. The molecule has 2 heterocycles. The van der Waals surface area contributed by atoms with Crippen LogP contribution in [0.5, 0.6) is 0 Å². The molecule has 1 N–H and O–H groups in total. The molecular formula is C20H20N2O7. The summed E-state index contributed by atoms with van der Waals surface area (Å²) in [6.45, 7) is 1.61. The normalized spacial score (nSPS) is 13.9. The Morgan fingerprint density at radius 2 is 1.93 bits per heavy atom. The predicted octanol–water partition coefficient (Wildman–Crippen LogP) is 1.38. The number of carbonyl (C=O) groups is 4. The predicted molar refractivity (Wildman–Crippen MR) is 99.1 cm³/mol. The number of methoxy groups -OCH3 is 1. The lowest BCUT2D eigenvalue weighted by Gasteiger charge is -2.12. The number of furan rings is 1. The third-order valence-electron chi connectivity index (χ3n) is 4.26. The number of benzene rings is 1. The molecule has 2 aromatic rings. The van der Waals surface area contributed by atoms with Gasteiger partial charge in [0.2, 0.25) is 0 Å². The Hall–Kier alpha value is -3.46. The number of carbonyl (C=O) groups excluding carboxylic acids is 4. The maximum atomic E-state index is 12.6. The average Bonchev–Trinajstić information content (AvgIpc) is 3.29. The number of ether oxygens (including phenoxy) is 2. The fourth-order valence-corrected chi connectivity index (χ4v) is 2.94. The molecule has 1 aromatic carbocycles. The molecule has 3 rings (SSSR count). The van der Waals surface area contributed by atoms with Gasteiger partial charge in [-0.2, -0.15) is 0 Å². The second-order valence-corrected chi connectivity index (χ2v) is 6.54. The molecule has 3 amide bonds. The van der Waals surface area contributed by atoms with Crippen LogP contribution in [0.1, 0.15) is 43.8 Å². The Labute approximate surface area is 166 Å². The molecular weight excluding hydrogens is 380 g/mol. The number of hydrogen-bond acceptors (Lipinski definition) is 7. The van der Waals surface area contributed by atoms with Crippen LogP contribution >= 0.6 is 0 Å². The number of nitrogens with one attached hydrogen (secondary N) is 1. The van der Waals surface area contributed by atoms with Gasteiger partial charge in [-0.1, -0.05) is 0 Å². The molecule has 1 atom stereocenters. The molecule has 0 spiro atoms. The first-order chi connectivity index (χ1) is 13.9. The minimum Gasteiger partial charge on any atom is -0.467 e. The second-order valence-electron chi connectivity index (χ2n) is 6.54. The second kappa shape index (κ2) is 8.70. The highest BCUT2D eigenvalue weighted by Gasteiger charge is 2.36. The van der Waals surface area contributed by atoms with Crippen molar-refractivity contribution < 1.29 is 33.1 Å². The van der Waals surface area contributed by atoms with E-state index >= 15 is 0 Å². The Balaban J connectivity index is 1.64. The van der Waals surface area contributed by atoms with Crippen LogP contribution in [-0.2, 0) is 20.8 Å². The van der Waals surface area contributed by atoms with Gasteiger partial charge in [-0.15, -0.1) is 0 Å². The number of fused-ring (bicyclic) bond motifs is 1. The summed E-state index contributed by atoms with van der Waals surface area (Å²) in [7, 11) is 1.51. The molecule has 0 unspecified atom stereocenters. The third-order valence-corrected chi connectivity index (χ3v) is 4.26. The van der Waals surface area contributed by atoms with Gasteiger partial charge in [0.05, 0.1) is 36.1 Å². The van der Waals surface area contributed by atoms with Crippen LogP contribution in [0, 0.1) is 0 Å². The van der Waals surface area contributed by atoms with Crippen molar-refractivity contribution in [2.45, 2.75) is 19.5 Å². The summed E-state index contributed by atoms with van der Waals surface area (Å²) in [4.78, 5) is 50.1. The van der Waals surface area contributed by atoms with Crippen molar-refractivity contribution >= 4 is 23.7 Å². The summed E-state index contributed by atoms with van der Waals surface area (Å²) in [6, 6.07) is 7.17. The first-order valence-corrected chi connectivity index (χ1v) is 8.88. The molecule has 1 aliphatic rings. The van der Waals surface area contributed by atoms with E-state index in [-0.39, 0.29) is 29.3 Å².